The number of rotatable bonds is 5. The van der Waals surface area contributed by atoms with Gasteiger partial charge in [0.25, 0.3) is 0 Å². The van der Waals surface area contributed by atoms with Crippen molar-refractivity contribution in [3.05, 3.63) is 60.2 Å². The fourth-order valence-corrected chi connectivity index (χ4v) is 2.05. The standard InChI is InChI=1S/C17H19NO2/c1-2-20-17(19)16(18)12-13-8-10-15(11-9-13)14-6-4-3-5-7-14/h3-11,16H,2,12,18H2,1H3. The van der Waals surface area contributed by atoms with E-state index in [0.29, 0.717) is 13.0 Å². The Balaban J connectivity index is 2.04. The molecule has 0 saturated carbocycles. The average molecular weight is 269 g/mol. The molecule has 2 aromatic rings. The first-order chi connectivity index (χ1) is 9.70. The number of hydrogen-bond acceptors (Lipinski definition) is 3. The van der Waals surface area contributed by atoms with E-state index >= 15 is 0 Å². The molecule has 2 rings (SSSR count). The highest BCUT2D eigenvalue weighted by atomic mass is 16.5. The lowest BCUT2D eigenvalue weighted by molar-refractivity contribution is -0.144. The molecule has 0 aliphatic carbocycles. The van der Waals surface area contributed by atoms with Gasteiger partial charge in [-0.2, -0.15) is 0 Å². The van der Waals surface area contributed by atoms with E-state index in [9.17, 15) is 4.79 Å². The molecule has 0 saturated heterocycles. The largest absolute Gasteiger partial charge is 0.465 e. The van der Waals surface area contributed by atoms with E-state index < -0.39 is 6.04 Å². The summed E-state index contributed by atoms with van der Waals surface area (Å²) >= 11 is 0. The first kappa shape index (κ1) is 14.3. The van der Waals surface area contributed by atoms with Crippen molar-refractivity contribution in [2.45, 2.75) is 19.4 Å². The summed E-state index contributed by atoms with van der Waals surface area (Å²) in [6.07, 6.45) is 0.494. The number of carbonyl (C=O) groups is 1. The zero-order valence-corrected chi connectivity index (χ0v) is 11.6. The third-order valence-corrected chi connectivity index (χ3v) is 3.11. The predicted octanol–water partition coefficient (Wildman–Crippen LogP) is 2.79. The summed E-state index contributed by atoms with van der Waals surface area (Å²) in [5.74, 6) is -0.348. The Morgan fingerprint density at radius 2 is 1.65 bits per heavy atom. The topological polar surface area (TPSA) is 52.3 Å². The number of esters is 1. The Bertz CT molecular complexity index is 549. The molecule has 1 unspecified atom stereocenters. The summed E-state index contributed by atoms with van der Waals surface area (Å²) in [7, 11) is 0. The Morgan fingerprint density at radius 3 is 2.25 bits per heavy atom. The summed E-state index contributed by atoms with van der Waals surface area (Å²) in [4.78, 5) is 11.5. The van der Waals surface area contributed by atoms with Crippen molar-refractivity contribution in [1.29, 1.82) is 0 Å². The molecule has 0 fully saturated rings. The molecule has 0 heterocycles. The van der Waals surface area contributed by atoms with Gasteiger partial charge in [0.1, 0.15) is 6.04 Å². The van der Waals surface area contributed by atoms with Crippen LogP contribution in [0.2, 0.25) is 0 Å². The van der Waals surface area contributed by atoms with Crippen LogP contribution < -0.4 is 5.73 Å². The monoisotopic (exact) mass is 269 g/mol. The molecule has 104 valence electrons. The predicted molar refractivity (Wildman–Crippen MR) is 80.2 cm³/mol. The fraction of sp³-hybridized carbons (Fsp3) is 0.235. The minimum absolute atomic E-state index is 0.348. The van der Waals surface area contributed by atoms with Gasteiger partial charge in [-0.25, -0.2) is 0 Å². The van der Waals surface area contributed by atoms with Gasteiger partial charge in [-0.05, 0) is 30.0 Å². The molecular weight excluding hydrogens is 250 g/mol. The molecule has 3 heteroatoms. The van der Waals surface area contributed by atoms with E-state index in [2.05, 4.69) is 12.1 Å². The zero-order valence-electron chi connectivity index (χ0n) is 11.6. The van der Waals surface area contributed by atoms with Crippen LogP contribution in [0.25, 0.3) is 11.1 Å². The minimum atomic E-state index is -0.600. The van der Waals surface area contributed by atoms with Gasteiger partial charge in [0, 0.05) is 0 Å². The molecule has 0 spiro atoms. The number of hydrogen-bond donors (Lipinski definition) is 1. The maximum atomic E-state index is 11.5. The van der Waals surface area contributed by atoms with Gasteiger partial charge >= 0.3 is 5.97 Å². The molecule has 2 N–H and O–H groups in total. The van der Waals surface area contributed by atoms with Crippen LogP contribution >= 0.6 is 0 Å². The maximum absolute atomic E-state index is 11.5. The van der Waals surface area contributed by atoms with Gasteiger partial charge in [-0.15, -0.1) is 0 Å². The van der Waals surface area contributed by atoms with Crippen LogP contribution in [0, 0.1) is 0 Å². The zero-order chi connectivity index (χ0) is 14.4. The average Bonchev–Trinajstić information content (AvgIpc) is 2.49. The van der Waals surface area contributed by atoms with Gasteiger partial charge in [-0.3, -0.25) is 4.79 Å². The first-order valence-electron chi connectivity index (χ1n) is 6.77. The van der Waals surface area contributed by atoms with E-state index in [4.69, 9.17) is 10.5 Å². The molecule has 2 aromatic carbocycles. The van der Waals surface area contributed by atoms with Crippen molar-refractivity contribution < 1.29 is 9.53 Å². The maximum Gasteiger partial charge on any atom is 0.323 e. The molecular formula is C17H19NO2. The van der Waals surface area contributed by atoms with Crippen LogP contribution in [0.4, 0.5) is 0 Å². The van der Waals surface area contributed by atoms with E-state index in [1.165, 1.54) is 5.56 Å². The number of carbonyl (C=O) groups excluding carboxylic acids is 1. The SMILES string of the molecule is CCOC(=O)C(N)Cc1ccc(-c2ccccc2)cc1. The lowest BCUT2D eigenvalue weighted by atomic mass is 10.0. The van der Waals surface area contributed by atoms with Crippen molar-refractivity contribution in [2.75, 3.05) is 6.61 Å². The summed E-state index contributed by atoms with van der Waals surface area (Å²) in [5.41, 5.74) is 9.17. The van der Waals surface area contributed by atoms with Crippen molar-refractivity contribution in [2.24, 2.45) is 5.73 Å². The van der Waals surface area contributed by atoms with Gasteiger partial charge in [0.05, 0.1) is 6.61 Å². The van der Waals surface area contributed by atoms with Crippen LogP contribution in [-0.4, -0.2) is 18.6 Å². The lowest BCUT2D eigenvalue weighted by Gasteiger charge is -2.11. The highest BCUT2D eigenvalue weighted by Gasteiger charge is 2.14. The van der Waals surface area contributed by atoms with Gasteiger partial charge in [0.15, 0.2) is 0 Å². The van der Waals surface area contributed by atoms with E-state index in [1.54, 1.807) is 6.92 Å². The summed E-state index contributed by atoms with van der Waals surface area (Å²) in [6, 6.07) is 17.7. The van der Waals surface area contributed by atoms with Crippen molar-refractivity contribution in [3.63, 3.8) is 0 Å². The second-order valence-electron chi connectivity index (χ2n) is 4.63. The molecule has 20 heavy (non-hydrogen) atoms. The molecule has 0 aliphatic heterocycles. The highest BCUT2D eigenvalue weighted by Crippen LogP contribution is 2.19. The summed E-state index contributed by atoms with van der Waals surface area (Å²) < 4.78 is 4.90. The summed E-state index contributed by atoms with van der Waals surface area (Å²) in [6.45, 7) is 2.14. The Morgan fingerprint density at radius 1 is 1.05 bits per heavy atom. The van der Waals surface area contributed by atoms with Crippen LogP contribution in [0.1, 0.15) is 12.5 Å². The van der Waals surface area contributed by atoms with E-state index in [-0.39, 0.29) is 5.97 Å². The molecule has 1 atom stereocenters. The lowest BCUT2D eigenvalue weighted by Crippen LogP contribution is -2.34. The molecule has 0 aliphatic rings. The number of benzene rings is 2. The fourth-order valence-electron chi connectivity index (χ4n) is 2.05. The van der Waals surface area contributed by atoms with Gasteiger partial charge in [0.2, 0.25) is 0 Å². The van der Waals surface area contributed by atoms with Crippen molar-refractivity contribution >= 4 is 5.97 Å². The van der Waals surface area contributed by atoms with Crippen LogP contribution in [0.3, 0.4) is 0 Å². The summed E-state index contributed by atoms with van der Waals surface area (Å²) in [5, 5.41) is 0. The van der Waals surface area contributed by atoms with Crippen LogP contribution in [-0.2, 0) is 16.0 Å². The Labute approximate surface area is 119 Å². The Hall–Kier alpha value is -2.13. The minimum Gasteiger partial charge on any atom is -0.465 e. The van der Waals surface area contributed by atoms with E-state index in [0.717, 1.165) is 11.1 Å². The second-order valence-corrected chi connectivity index (χ2v) is 4.63. The van der Waals surface area contributed by atoms with Crippen molar-refractivity contribution in [3.8, 4) is 11.1 Å². The molecule has 0 aromatic heterocycles. The molecule has 3 nitrogen and oxygen atoms in total. The number of ether oxygens (including phenoxy) is 1. The van der Waals surface area contributed by atoms with Gasteiger partial charge < -0.3 is 10.5 Å². The first-order valence-corrected chi connectivity index (χ1v) is 6.77. The van der Waals surface area contributed by atoms with Gasteiger partial charge in [-0.1, -0.05) is 54.6 Å². The molecule has 0 radical (unpaired) electrons. The third kappa shape index (κ3) is 3.68. The third-order valence-electron chi connectivity index (χ3n) is 3.11. The second kappa shape index (κ2) is 6.87. The van der Waals surface area contributed by atoms with Crippen LogP contribution in [0.5, 0.6) is 0 Å². The quantitative estimate of drug-likeness (QED) is 0.849. The normalized spacial score (nSPS) is 11.9. The molecule has 0 amide bonds. The van der Waals surface area contributed by atoms with Crippen LogP contribution in [0.15, 0.2) is 54.6 Å². The van der Waals surface area contributed by atoms with Crippen molar-refractivity contribution in [1.82, 2.24) is 0 Å². The van der Waals surface area contributed by atoms with E-state index in [1.807, 2.05) is 42.5 Å². The molecule has 0 bridgehead atoms. The smallest absolute Gasteiger partial charge is 0.323 e. The highest BCUT2D eigenvalue weighted by molar-refractivity contribution is 5.76. The Kier molecular flexibility index (Phi) is 4.91. The number of nitrogens with two attached hydrogens (primary N) is 1.